The van der Waals surface area contributed by atoms with Gasteiger partial charge in [0.25, 0.3) is 0 Å². The highest BCUT2D eigenvalue weighted by Crippen LogP contribution is 2.22. The molecule has 0 heterocycles. The molecular formula is C21H26BrN3O4S. The van der Waals surface area contributed by atoms with Crippen molar-refractivity contribution in [3.8, 4) is 0 Å². The van der Waals surface area contributed by atoms with Crippen LogP contribution in [0.4, 0.5) is 5.69 Å². The molecule has 0 aliphatic rings. The molecule has 162 valence electrons. The van der Waals surface area contributed by atoms with Crippen LogP contribution >= 0.6 is 15.9 Å². The summed E-state index contributed by atoms with van der Waals surface area (Å²) in [5.41, 5.74) is 1.23. The minimum absolute atomic E-state index is 0.198. The van der Waals surface area contributed by atoms with Gasteiger partial charge in [-0.3, -0.25) is 13.9 Å². The Hall–Kier alpha value is -2.39. The average molecular weight is 496 g/mol. The highest BCUT2D eigenvalue weighted by molar-refractivity contribution is 9.10. The zero-order chi connectivity index (χ0) is 22.3. The van der Waals surface area contributed by atoms with Crippen LogP contribution in [0.3, 0.4) is 0 Å². The van der Waals surface area contributed by atoms with Crippen LogP contribution in [0.1, 0.15) is 18.9 Å². The van der Waals surface area contributed by atoms with E-state index in [0.29, 0.717) is 12.1 Å². The van der Waals surface area contributed by atoms with Gasteiger partial charge in [-0.25, -0.2) is 8.42 Å². The third-order valence-electron chi connectivity index (χ3n) is 4.62. The van der Waals surface area contributed by atoms with E-state index in [0.717, 1.165) is 20.6 Å². The van der Waals surface area contributed by atoms with Crippen LogP contribution in [0, 0.1) is 0 Å². The van der Waals surface area contributed by atoms with Gasteiger partial charge in [0.05, 0.1) is 11.9 Å². The second-order valence-electron chi connectivity index (χ2n) is 6.79. The van der Waals surface area contributed by atoms with E-state index in [-0.39, 0.29) is 12.5 Å². The number of anilines is 1. The number of sulfonamides is 1. The van der Waals surface area contributed by atoms with Crippen molar-refractivity contribution in [3.63, 3.8) is 0 Å². The smallest absolute Gasteiger partial charge is 0.244 e. The number of nitrogens with one attached hydrogen (secondary N) is 1. The predicted molar refractivity (Wildman–Crippen MR) is 121 cm³/mol. The minimum Gasteiger partial charge on any atom is -0.357 e. The molecule has 0 aliphatic carbocycles. The molecule has 0 bridgehead atoms. The fourth-order valence-electron chi connectivity index (χ4n) is 3.09. The number of hydrogen-bond donors (Lipinski definition) is 1. The first kappa shape index (κ1) is 23.9. The van der Waals surface area contributed by atoms with Gasteiger partial charge < -0.3 is 10.2 Å². The van der Waals surface area contributed by atoms with Gasteiger partial charge in [0.15, 0.2) is 0 Å². The van der Waals surface area contributed by atoms with E-state index in [1.54, 1.807) is 24.3 Å². The Kier molecular flexibility index (Phi) is 8.43. The lowest BCUT2D eigenvalue weighted by Crippen LogP contribution is -2.51. The summed E-state index contributed by atoms with van der Waals surface area (Å²) in [6.07, 6.45) is 1.45. The Morgan fingerprint density at radius 3 is 2.17 bits per heavy atom. The lowest BCUT2D eigenvalue weighted by Gasteiger charge is -2.32. The molecule has 0 saturated carbocycles. The van der Waals surface area contributed by atoms with Gasteiger partial charge in [-0.2, -0.15) is 0 Å². The Labute approximate surface area is 186 Å². The molecule has 2 rings (SSSR count). The summed E-state index contributed by atoms with van der Waals surface area (Å²) < 4.78 is 26.7. The maximum atomic E-state index is 13.3. The van der Waals surface area contributed by atoms with Crippen LogP contribution in [0.5, 0.6) is 0 Å². The number of nitrogens with zero attached hydrogens (tertiary/aromatic N) is 2. The number of benzene rings is 2. The molecule has 0 aliphatic heterocycles. The van der Waals surface area contributed by atoms with Crippen molar-refractivity contribution in [2.24, 2.45) is 0 Å². The maximum Gasteiger partial charge on any atom is 0.244 e. The molecule has 2 aromatic carbocycles. The Balaban J connectivity index is 2.39. The first-order chi connectivity index (χ1) is 14.2. The van der Waals surface area contributed by atoms with Crippen molar-refractivity contribution < 1.29 is 18.0 Å². The van der Waals surface area contributed by atoms with Gasteiger partial charge in [-0.1, -0.05) is 53.2 Å². The maximum absolute atomic E-state index is 13.3. The van der Waals surface area contributed by atoms with E-state index in [1.165, 1.54) is 11.9 Å². The zero-order valence-corrected chi connectivity index (χ0v) is 19.6. The molecule has 0 aromatic heterocycles. The number of likely N-dealkylation sites (N-methyl/N-ethyl adjacent to an activating group) is 1. The van der Waals surface area contributed by atoms with E-state index in [9.17, 15) is 18.0 Å². The van der Waals surface area contributed by atoms with Gasteiger partial charge in [-0.15, -0.1) is 0 Å². The van der Waals surface area contributed by atoms with Gasteiger partial charge in [0.2, 0.25) is 21.8 Å². The normalized spacial score (nSPS) is 12.1. The molecule has 0 fully saturated rings. The molecule has 0 spiro atoms. The Bertz CT molecular complexity index is 966. The van der Waals surface area contributed by atoms with E-state index in [1.807, 2.05) is 37.3 Å². The minimum atomic E-state index is -3.72. The summed E-state index contributed by atoms with van der Waals surface area (Å²) in [5.74, 6) is -0.751. The predicted octanol–water partition coefficient (Wildman–Crippen LogP) is 2.77. The third kappa shape index (κ3) is 6.30. The molecule has 0 radical (unpaired) electrons. The SMILES string of the molecule is CC[C@@H](C(=O)NC)N(Cc1ccccc1)C(=O)CN(c1ccc(Br)cc1)S(C)(=O)=O. The highest BCUT2D eigenvalue weighted by atomic mass is 79.9. The average Bonchev–Trinajstić information content (AvgIpc) is 2.72. The number of rotatable bonds is 9. The van der Waals surface area contributed by atoms with Crippen LogP contribution in [-0.4, -0.2) is 51.0 Å². The van der Waals surface area contributed by atoms with Crippen molar-refractivity contribution in [2.75, 3.05) is 24.2 Å². The number of amides is 2. The zero-order valence-electron chi connectivity index (χ0n) is 17.2. The Morgan fingerprint density at radius 1 is 1.07 bits per heavy atom. The van der Waals surface area contributed by atoms with Crippen LogP contribution in [0.2, 0.25) is 0 Å². The van der Waals surface area contributed by atoms with Crippen molar-refractivity contribution in [1.82, 2.24) is 10.2 Å². The lowest BCUT2D eigenvalue weighted by atomic mass is 10.1. The monoisotopic (exact) mass is 495 g/mol. The number of carbonyl (C=O) groups is 2. The molecule has 0 saturated heterocycles. The number of hydrogen-bond acceptors (Lipinski definition) is 4. The fourth-order valence-corrected chi connectivity index (χ4v) is 4.20. The van der Waals surface area contributed by atoms with Crippen molar-refractivity contribution >= 4 is 43.5 Å². The summed E-state index contributed by atoms with van der Waals surface area (Å²) in [5, 5.41) is 2.59. The second-order valence-corrected chi connectivity index (χ2v) is 9.61. The summed E-state index contributed by atoms with van der Waals surface area (Å²) in [6.45, 7) is 1.61. The van der Waals surface area contributed by atoms with Crippen molar-refractivity contribution in [2.45, 2.75) is 25.9 Å². The second kappa shape index (κ2) is 10.6. The summed E-state index contributed by atoms with van der Waals surface area (Å²) in [4.78, 5) is 27.2. The summed E-state index contributed by atoms with van der Waals surface area (Å²) >= 11 is 3.32. The number of carbonyl (C=O) groups excluding carboxylic acids is 2. The summed E-state index contributed by atoms with van der Waals surface area (Å²) in [7, 11) is -2.21. The largest absolute Gasteiger partial charge is 0.357 e. The van der Waals surface area contributed by atoms with Crippen molar-refractivity contribution in [1.29, 1.82) is 0 Å². The Morgan fingerprint density at radius 2 is 1.67 bits per heavy atom. The molecule has 9 heteroatoms. The molecule has 30 heavy (non-hydrogen) atoms. The van der Waals surface area contributed by atoms with Crippen LogP contribution in [0.15, 0.2) is 59.1 Å². The molecule has 2 aromatic rings. The van der Waals surface area contributed by atoms with Crippen molar-refractivity contribution in [3.05, 3.63) is 64.6 Å². The van der Waals surface area contributed by atoms with E-state index >= 15 is 0 Å². The van der Waals surface area contributed by atoms with E-state index in [2.05, 4.69) is 21.2 Å². The first-order valence-electron chi connectivity index (χ1n) is 9.45. The summed E-state index contributed by atoms with van der Waals surface area (Å²) in [6, 6.07) is 15.2. The van der Waals surface area contributed by atoms with Gasteiger partial charge >= 0.3 is 0 Å². The topological polar surface area (TPSA) is 86.8 Å². The molecular weight excluding hydrogens is 470 g/mol. The van der Waals surface area contributed by atoms with Crippen LogP contribution < -0.4 is 9.62 Å². The van der Waals surface area contributed by atoms with E-state index < -0.39 is 28.5 Å². The van der Waals surface area contributed by atoms with E-state index in [4.69, 9.17) is 0 Å². The standard InChI is InChI=1S/C21H26BrN3O4S/c1-4-19(21(27)23-2)24(14-16-8-6-5-7-9-16)20(26)15-25(30(3,28)29)18-12-10-17(22)11-13-18/h5-13,19H,4,14-15H2,1-3H3,(H,23,27)/t19-/m0/s1. The molecule has 2 amide bonds. The fraction of sp³-hybridized carbons (Fsp3) is 0.333. The highest BCUT2D eigenvalue weighted by Gasteiger charge is 2.31. The quantitative estimate of drug-likeness (QED) is 0.579. The lowest BCUT2D eigenvalue weighted by molar-refractivity contribution is -0.140. The van der Waals surface area contributed by atoms with Gasteiger partial charge in [-0.05, 0) is 36.2 Å². The molecule has 1 N–H and O–H groups in total. The number of halogens is 1. The van der Waals surface area contributed by atoms with Gasteiger partial charge in [0.1, 0.15) is 12.6 Å². The van der Waals surface area contributed by atoms with Crippen LogP contribution in [-0.2, 0) is 26.2 Å². The molecule has 0 unspecified atom stereocenters. The molecule has 7 nitrogen and oxygen atoms in total. The first-order valence-corrected chi connectivity index (χ1v) is 12.1. The van der Waals surface area contributed by atoms with Gasteiger partial charge in [0, 0.05) is 18.1 Å². The third-order valence-corrected chi connectivity index (χ3v) is 6.29. The molecule has 1 atom stereocenters. The van der Waals surface area contributed by atoms with Crippen LogP contribution in [0.25, 0.3) is 0 Å².